The van der Waals surface area contributed by atoms with Crippen LogP contribution in [0.15, 0.2) is 45.7 Å². The molecule has 2 saturated heterocycles. The monoisotopic (exact) mass is 445 g/mol. The third kappa shape index (κ3) is 4.52. The van der Waals surface area contributed by atoms with Crippen LogP contribution in [0.3, 0.4) is 0 Å². The van der Waals surface area contributed by atoms with Crippen molar-refractivity contribution in [3.8, 4) is 0 Å². The molecule has 0 spiro atoms. The van der Waals surface area contributed by atoms with E-state index in [9.17, 15) is 18.0 Å². The summed E-state index contributed by atoms with van der Waals surface area (Å²) in [6.45, 7) is 3.39. The average Bonchev–Trinajstić information content (AvgIpc) is 3.45. The van der Waals surface area contributed by atoms with E-state index in [-0.39, 0.29) is 34.1 Å². The van der Waals surface area contributed by atoms with Crippen LogP contribution in [0.1, 0.15) is 42.0 Å². The smallest absolute Gasteiger partial charge is 0.289 e. The lowest BCUT2D eigenvalue weighted by Gasteiger charge is -2.30. The number of likely N-dealkylation sites (tertiary alicyclic amines) is 1. The van der Waals surface area contributed by atoms with Gasteiger partial charge in [0.1, 0.15) is 10.7 Å². The standard InChI is InChI=1S/C22H27N3O5S/c1-16-20(31(28,29)25-11-5-6-12-25)15-19(30-16)22(27)24-13-9-17(10-14-24)21(26)23-18-7-3-2-4-8-18/h2-4,7-8,15,17H,5-6,9-14H2,1H3,(H,23,26). The summed E-state index contributed by atoms with van der Waals surface area (Å²) >= 11 is 0. The first kappa shape index (κ1) is 21.6. The van der Waals surface area contributed by atoms with E-state index in [1.54, 1.807) is 11.8 Å². The van der Waals surface area contributed by atoms with Gasteiger partial charge in [-0.25, -0.2) is 8.42 Å². The molecule has 2 fully saturated rings. The second-order valence-corrected chi connectivity index (χ2v) is 9.97. The fraction of sp³-hybridized carbons (Fsp3) is 0.455. The van der Waals surface area contributed by atoms with Crippen molar-refractivity contribution in [2.45, 2.75) is 37.5 Å². The number of rotatable bonds is 5. The van der Waals surface area contributed by atoms with Gasteiger partial charge in [-0.2, -0.15) is 4.31 Å². The minimum Gasteiger partial charge on any atom is -0.455 e. The van der Waals surface area contributed by atoms with E-state index in [0.717, 1.165) is 18.5 Å². The highest BCUT2D eigenvalue weighted by Gasteiger charge is 2.34. The van der Waals surface area contributed by atoms with E-state index in [0.29, 0.717) is 39.0 Å². The van der Waals surface area contributed by atoms with Crippen LogP contribution in [0.4, 0.5) is 5.69 Å². The van der Waals surface area contributed by atoms with Crippen molar-refractivity contribution in [3.63, 3.8) is 0 Å². The van der Waals surface area contributed by atoms with E-state index in [4.69, 9.17) is 4.42 Å². The van der Waals surface area contributed by atoms with Crippen LogP contribution in [-0.2, 0) is 14.8 Å². The molecule has 4 rings (SSSR count). The van der Waals surface area contributed by atoms with Gasteiger partial charge in [0.05, 0.1) is 0 Å². The summed E-state index contributed by atoms with van der Waals surface area (Å²) in [6, 6.07) is 10.6. The van der Waals surface area contributed by atoms with Crippen molar-refractivity contribution in [1.82, 2.24) is 9.21 Å². The van der Waals surface area contributed by atoms with Crippen LogP contribution in [0.2, 0.25) is 0 Å². The highest BCUT2D eigenvalue weighted by Crippen LogP contribution is 2.28. The van der Waals surface area contributed by atoms with Gasteiger partial charge in [-0.05, 0) is 44.7 Å². The molecule has 8 nitrogen and oxygen atoms in total. The van der Waals surface area contributed by atoms with E-state index in [1.807, 2.05) is 30.3 Å². The lowest BCUT2D eigenvalue weighted by Crippen LogP contribution is -2.41. The number of amides is 2. The molecular weight excluding hydrogens is 418 g/mol. The molecule has 0 unspecified atom stereocenters. The molecule has 0 aliphatic carbocycles. The number of aryl methyl sites for hydroxylation is 1. The van der Waals surface area contributed by atoms with Crippen LogP contribution < -0.4 is 5.32 Å². The molecule has 1 aromatic carbocycles. The molecule has 9 heteroatoms. The highest BCUT2D eigenvalue weighted by molar-refractivity contribution is 7.89. The normalized spacial score (nSPS) is 18.3. The van der Waals surface area contributed by atoms with Crippen molar-refractivity contribution in [3.05, 3.63) is 47.9 Å². The Morgan fingerprint density at radius 1 is 1.03 bits per heavy atom. The first-order valence-electron chi connectivity index (χ1n) is 10.6. The number of anilines is 1. The molecule has 0 bridgehead atoms. The number of nitrogens with one attached hydrogen (secondary N) is 1. The first-order valence-corrected chi connectivity index (χ1v) is 12.1. The van der Waals surface area contributed by atoms with E-state index in [1.165, 1.54) is 10.4 Å². The summed E-state index contributed by atoms with van der Waals surface area (Å²) in [7, 11) is -3.65. The Kier molecular flexibility index (Phi) is 6.15. The predicted octanol–water partition coefficient (Wildman–Crippen LogP) is 2.86. The summed E-state index contributed by atoms with van der Waals surface area (Å²) in [6.07, 6.45) is 2.77. The SMILES string of the molecule is Cc1oc(C(=O)N2CCC(C(=O)Nc3ccccc3)CC2)cc1S(=O)(=O)N1CCCC1. The summed E-state index contributed by atoms with van der Waals surface area (Å²) in [5, 5.41) is 2.91. The summed E-state index contributed by atoms with van der Waals surface area (Å²) in [5.41, 5.74) is 0.754. The Morgan fingerprint density at radius 2 is 1.68 bits per heavy atom. The molecule has 1 aromatic heterocycles. The minimum atomic E-state index is -3.65. The number of para-hydroxylation sites is 1. The van der Waals surface area contributed by atoms with E-state index < -0.39 is 10.0 Å². The third-order valence-corrected chi connectivity index (χ3v) is 7.97. The molecule has 2 aliphatic rings. The second-order valence-electron chi connectivity index (χ2n) is 8.06. The third-order valence-electron chi connectivity index (χ3n) is 5.96. The van der Waals surface area contributed by atoms with Gasteiger partial charge in [0, 0.05) is 43.9 Å². The lowest BCUT2D eigenvalue weighted by atomic mass is 9.95. The molecule has 2 aliphatic heterocycles. The van der Waals surface area contributed by atoms with Gasteiger partial charge in [0.2, 0.25) is 15.9 Å². The Balaban J connectivity index is 1.38. The van der Waals surface area contributed by atoms with Crippen molar-refractivity contribution < 1.29 is 22.4 Å². The Bertz CT molecular complexity index is 1050. The van der Waals surface area contributed by atoms with Gasteiger partial charge in [-0.3, -0.25) is 9.59 Å². The Hall–Kier alpha value is -2.65. The molecule has 31 heavy (non-hydrogen) atoms. The zero-order valence-corrected chi connectivity index (χ0v) is 18.4. The maximum Gasteiger partial charge on any atom is 0.289 e. The molecule has 0 saturated carbocycles. The second kappa shape index (κ2) is 8.84. The number of carbonyl (C=O) groups excluding carboxylic acids is 2. The fourth-order valence-corrected chi connectivity index (χ4v) is 5.84. The molecule has 1 N–H and O–H groups in total. The zero-order chi connectivity index (χ0) is 22.0. The summed E-state index contributed by atoms with van der Waals surface area (Å²) in [4.78, 5) is 27.1. The molecule has 2 aromatic rings. The fourth-order valence-electron chi connectivity index (χ4n) is 4.16. The number of hydrogen-bond donors (Lipinski definition) is 1. The number of sulfonamides is 1. The maximum atomic E-state index is 12.9. The Labute approximate surface area is 182 Å². The van der Waals surface area contributed by atoms with Crippen molar-refractivity contribution >= 4 is 27.5 Å². The molecule has 3 heterocycles. The van der Waals surface area contributed by atoms with Gasteiger partial charge in [-0.15, -0.1) is 0 Å². The van der Waals surface area contributed by atoms with E-state index >= 15 is 0 Å². The zero-order valence-electron chi connectivity index (χ0n) is 17.5. The van der Waals surface area contributed by atoms with Crippen molar-refractivity contribution in [2.24, 2.45) is 5.92 Å². The van der Waals surface area contributed by atoms with Crippen LogP contribution in [0.5, 0.6) is 0 Å². The number of benzene rings is 1. The number of carbonyl (C=O) groups is 2. The number of piperidine rings is 1. The number of furan rings is 1. The maximum absolute atomic E-state index is 12.9. The lowest BCUT2D eigenvalue weighted by molar-refractivity contribution is -0.121. The Morgan fingerprint density at radius 3 is 2.32 bits per heavy atom. The molecule has 0 atom stereocenters. The topological polar surface area (TPSA) is 99.9 Å². The van der Waals surface area contributed by atoms with Gasteiger partial charge in [-0.1, -0.05) is 18.2 Å². The number of hydrogen-bond acceptors (Lipinski definition) is 5. The van der Waals surface area contributed by atoms with Gasteiger partial charge >= 0.3 is 0 Å². The minimum absolute atomic E-state index is 0.0301. The molecule has 0 radical (unpaired) electrons. The first-order chi connectivity index (χ1) is 14.9. The van der Waals surface area contributed by atoms with Crippen molar-refractivity contribution in [1.29, 1.82) is 0 Å². The van der Waals surface area contributed by atoms with E-state index in [2.05, 4.69) is 5.32 Å². The predicted molar refractivity (Wildman–Crippen MR) is 115 cm³/mol. The summed E-state index contributed by atoms with van der Waals surface area (Å²) in [5.74, 6) is -0.303. The van der Waals surface area contributed by atoms with Crippen molar-refractivity contribution in [2.75, 3.05) is 31.5 Å². The summed E-state index contributed by atoms with van der Waals surface area (Å²) < 4.78 is 32.7. The van der Waals surface area contributed by atoms with Crippen LogP contribution in [-0.4, -0.2) is 55.6 Å². The van der Waals surface area contributed by atoms with Gasteiger partial charge < -0.3 is 14.6 Å². The van der Waals surface area contributed by atoms with Crippen LogP contribution in [0.25, 0.3) is 0 Å². The highest BCUT2D eigenvalue weighted by atomic mass is 32.2. The largest absolute Gasteiger partial charge is 0.455 e. The average molecular weight is 446 g/mol. The molecular formula is C22H27N3O5S. The molecule has 2 amide bonds. The van der Waals surface area contributed by atoms with Crippen LogP contribution in [0, 0.1) is 12.8 Å². The van der Waals surface area contributed by atoms with Crippen LogP contribution >= 0.6 is 0 Å². The number of nitrogens with zero attached hydrogens (tertiary/aromatic N) is 2. The van der Waals surface area contributed by atoms with Gasteiger partial charge in [0.15, 0.2) is 5.76 Å². The molecule has 166 valence electrons. The van der Waals surface area contributed by atoms with Gasteiger partial charge in [0.25, 0.3) is 5.91 Å². The quantitative estimate of drug-likeness (QED) is 0.763.